The van der Waals surface area contributed by atoms with E-state index in [1.54, 1.807) is 29.4 Å². The van der Waals surface area contributed by atoms with Crippen molar-refractivity contribution in [1.82, 2.24) is 9.55 Å². The van der Waals surface area contributed by atoms with Gasteiger partial charge >= 0.3 is 0 Å². The van der Waals surface area contributed by atoms with Crippen molar-refractivity contribution in [2.75, 3.05) is 0 Å². The summed E-state index contributed by atoms with van der Waals surface area (Å²) in [4.78, 5) is 3.89. The van der Waals surface area contributed by atoms with Gasteiger partial charge in [0.05, 0.1) is 27.6 Å². The lowest BCUT2D eigenvalue weighted by molar-refractivity contribution is 0.473. The van der Waals surface area contributed by atoms with E-state index in [1.807, 2.05) is 0 Å². The summed E-state index contributed by atoms with van der Waals surface area (Å²) in [5.41, 5.74) is 0.926. The minimum absolute atomic E-state index is 0.0760. The minimum atomic E-state index is -0.0760. The summed E-state index contributed by atoms with van der Waals surface area (Å²) in [5, 5.41) is 10.5. The predicted molar refractivity (Wildman–Crippen MR) is 64.8 cm³/mol. The van der Waals surface area contributed by atoms with Gasteiger partial charge in [-0.25, -0.2) is 4.98 Å². The fourth-order valence-corrected chi connectivity index (χ4v) is 1.78. The first kappa shape index (κ1) is 11.0. The molecule has 0 radical (unpaired) electrons. The van der Waals surface area contributed by atoms with Crippen molar-refractivity contribution in [3.8, 4) is 5.75 Å². The number of halogens is 2. The lowest BCUT2D eigenvalue weighted by atomic mass is 10.1. The quantitative estimate of drug-likeness (QED) is 0.892. The van der Waals surface area contributed by atoms with Crippen LogP contribution in [0.2, 0.25) is 10.0 Å². The van der Waals surface area contributed by atoms with Crippen LogP contribution < -0.4 is 0 Å². The second kappa shape index (κ2) is 4.20. The maximum Gasteiger partial charge on any atom is 0.144 e. The van der Waals surface area contributed by atoms with Crippen molar-refractivity contribution in [3.63, 3.8) is 0 Å². The Morgan fingerprint density at radius 2 is 2.00 bits per heavy atom. The van der Waals surface area contributed by atoms with Gasteiger partial charge < -0.3 is 9.67 Å². The van der Waals surface area contributed by atoms with Crippen LogP contribution in [-0.2, 0) is 0 Å². The molecule has 3 nitrogen and oxygen atoms in total. The number of aromatic hydroxyl groups is 1. The van der Waals surface area contributed by atoms with Crippen molar-refractivity contribution in [2.24, 2.45) is 0 Å². The van der Waals surface area contributed by atoms with Crippen molar-refractivity contribution < 1.29 is 5.11 Å². The molecule has 82 valence electrons. The first-order valence-corrected chi connectivity index (χ1v) is 5.21. The van der Waals surface area contributed by atoms with Crippen LogP contribution in [0.5, 0.6) is 5.75 Å². The number of aromatic nitrogens is 2. The summed E-state index contributed by atoms with van der Waals surface area (Å²) in [5.74, 6) is -0.0760. The van der Waals surface area contributed by atoms with Gasteiger partial charge in [-0.1, -0.05) is 29.8 Å². The van der Waals surface area contributed by atoms with Crippen molar-refractivity contribution in [3.05, 3.63) is 53.0 Å². The van der Waals surface area contributed by atoms with E-state index in [9.17, 15) is 5.11 Å². The Labute approximate surface area is 103 Å². The number of hydrogen-bond donors (Lipinski definition) is 1. The molecule has 0 fully saturated rings. The van der Waals surface area contributed by atoms with Crippen LogP contribution in [0.3, 0.4) is 0 Å². The monoisotopic (exact) mass is 254 g/mol. The first-order chi connectivity index (χ1) is 7.61. The highest BCUT2D eigenvalue weighted by Crippen LogP contribution is 2.37. The molecule has 0 aliphatic rings. The number of phenols is 1. The van der Waals surface area contributed by atoms with Gasteiger partial charge in [-0.2, -0.15) is 0 Å². The molecule has 0 aliphatic heterocycles. The van der Waals surface area contributed by atoms with Crippen LogP contribution in [0.25, 0.3) is 5.70 Å². The van der Waals surface area contributed by atoms with E-state index < -0.39 is 0 Å². The van der Waals surface area contributed by atoms with E-state index in [0.717, 1.165) is 0 Å². The number of imidazole rings is 1. The smallest absolute Gasteiger partial charge is 0.144 e. The fourth-order valence-electron chi connectivity index (χ4n) is 1.36. The number of hydrogen-bond acceptors (Lipinski definition) is 2. The van der Waals surface area contributed by atoms with E-state index in [0.29, 0.717) is 16.3 Å². The van der Waals surface area contributed by atoms with Crippen LogP contribution >= 0.6 is 23.2 Å². The molecule has 16 heavy (non-hydrogen) atoms. The van der Waals surface area contributed by atoms with Gasteiger partial charge in [0.25, 0.3) is 0 Å². The second-order valence-corrected chi connectivity index (χ2v) is 3.98. The van der Waals surface area contributed by atoms with E-state index in [2.05, 4.69) is 11.6 Å². The van der Waals surface area contributed by atoms with Gasteiger partial charge in [-0.05, 0) is 12.1 Å². The van der Waals surface area contributed by atoms with Crippen molar-refractivity contribution >= 4 is 28.9 Å². The van der Waals surface area contributed by atoms with Gasteiger partial charge in [0.2, 0.25) is 0 Å². The zero-order valence-corrected chi connectivity index (χ0v) is 9.70. The highest BCUT2D eigenvalue weighted by atomic mass is 35.5. The number of benzene rings is 1. The Kier molecular flexibility index (Phi) is 2.90. The molecule has 5 heteroatoms. The molecule has 0 aliphatic carbocycles. The second-order valence-electron chi connectivity index (χ2n) is 3.17. The van der Waals surface area contributed by atoms with Gasteiger partial charge in [0.1, 0.15) is 5.75 Å². The lowest BCUT2D eigenvalue weighted by Crippen LogP contribution is -1.96. The van der Waals surface area contributed by atoms with Gasteiger partial charge in [-0.15, -0.1) is 0 Å². The summed E-state index contributed by atoms with van der Waals surface area (Å²) in [6, 6.07) is 3.14. The molecule has 1 N–H and O–H groups in total. The van der Waals surface area contributed by atoms with Crippen LogP contribution in [0.1, 0.15) is 5.56 Å². The minimum Gasteiger partial charge on any atom is -0.506 e. The molecule has 1 heterocycles. The molecule has 2 rings (SSSR count). The van der Waals surface area contributed by atoms with Crippen molar-refractivity contribution in [2.45, 2.75) is 0 Å². The molecular formula is C11H8Cl2N2O. The summed E-state index contributed by atoms with van der Waals surface area (Å²) >= 11 is 11.8. The largest absolute Gasteiger partial charge is 0.506 e. The summed E-state index contributed by atoms with van der Waals surface area (Å²) < 4.78 is 1.65. The van der Waals surface area contributed by atoms with Crippen LogP contribution in [-0.4, -0.2) is 14.7 Å². The summed E-state index contributed by atoms with van der Waals surface area (Å²) in [6.45, 7) is 3.85. The Bertz CT molecular complexity index is 535. The molecule has 0 saturated heterocycles. The normalized spacial score (nSPS) is 10.4. The third-order valence-corrected chi connectivity index (χ3v) is 2.80. The fraction of sp³-hybridized carbons (Fsp3) is 0. The predicted octanol–water partition coefficient (Wildman–Crippen LogP) is 3.41. The number of phenolic OH excluding ortho intramolecular Hbond substituents is 1. The molecule has 1 aromatic carbocycles. The van der Waals surface area contributed by atoms with Crippen LogP contribution in [0, 0.1) is 0 Å². The summed E-state index contributed by atoms with van der Waals surface area (Å²) in [6.07, 6.45) is 4.89. The Morgan fingerprint density at radius 3 is 2.62 bits per heavy atom. The average molecular weight is 255 g/mol. The van der Waals surface area contributed by atoms with Gasteiger partial charge in [-0.3, -0.25) is 0 Å². The highest BCUT2D eigenvalue weighted by Gasteiger charge is 2.14. The average Bonchev–Trinajstić information content (AvgIpc) is 2.77. The van der Waals surface area contributed by atoms with Crippen LogP contribution in [0.4, 0.5) is 0 Å². The number of rotatable bonds is 2. The Morgan fingerprint density at radius 1 is 1.31 bits per heavy atom. The maximum atomic E-state index is 9.84. The molecule has 0 unspecified atom stereocenters. The van der Waals surface area contributed by atoms with Gasteiger partial charge in [0, 0.05) is 12.4 Å². The SMILES string of the molecule is C=C(c1c(Cl)ccc(Cl)c1O)n1ccnc1. The Balaban J connectivity index is 2.56. The zero-order valence-electron chi connectivity index (χ0n) is 8.19. The molecule has 0 amide bonds. The molecule has 0 saturated carbocycles. The molecule has 2 aromatic rings. The molecule has 1 aromatic heterocycles. The van der Waals surface area contributed by atoms with Crippen LogP contribution in [0.15, 0.2) is 37.4 Å². The molecule has 0 spiro atoms. The standard InChI is InChI=1S/C11H8Cl2N2O/c1-7(15-5-4-14-6-15)10-8(12)2-3-9(13)11(10)16/h2-6,16H,1H2. The third kappa shape index (κ3) is 1.79. The maximum absolute atomic E-state index is 9.84. The molecule has 0 atom stereocenters. The molecular weight excluding hydrogens is 247 g/mol. The topological polar surface area (TPSA) is 38.0 Å². The van der Waals surface area contributed by atoms with E-state index >= 15 is 0 Å². The van der Waals surface area contributed by atoms with E-state index in [4.69, 9.17) is 23.2 Å². The number of nitrogens with zero attached hydrogens (tertiary/aromatic N) is 2. The highest BCUT2D eigenvalue weighted by molar-refractivity contribution is 6.35. The first-order valence-electron chi connectivity index (χ1n) is 4.46. The van der Waals surface area contributed by atoms with Crippen molar-refractivity contribution in [1.29, 1.82) is 0 Å². The molecule has 0 bridgehead atoms. The summed E-state index contributed by atoms with van der Waals surface area (Å²) in [7, 11) is 0. The van der Waals surface area contributed by atoms with E-state index in [1.165, 1.54) is 6.07 Å². The third-order valence-electron chi connectivity index (χ3n) is 2.18. The van der Waals surface area contributed by atoms with E-state index in [-0.39, 0.29) is 10.8 Å². The zero-order chi connectivity index (χ0) is 11.7. The van der Waals surface area contributed by atoms with Gasteiger partial charge in [0.15, 0.2) is 0 Å². The Hall–Kier alpha value is -1.45. The lowest BCUT2D eigenvalue weighted by Gasteiger charge is -2.11.